The van der Waals surface area contributed by atoms with Crippen molar-refractivity contribution in [2.45, 2.75) is 0 Å². The van der Waals surface area contributed by atoms with Gasteiger partial charge in [0.2, 0.25) is 0 Å². The van der Waals surface area contributed by atoms with Crippen LogP contribution in [-0.4, -0.2) is 19.5 Å². The van der Waals surface area contributed by atoms with Crippen molar-refractivity contribution in [2.24, 2.45) is 0 Å². The molecule has 0 fully saturated rings. The summed E-state index contributed by atoms with van der Waals surface area (Å²) < 4.78 is 9.01. The molecule has 11 rings (SSSR count). The number of hydrogen-bond donors (Lipinski definition) is 0. The molecule has 56 heavy (non-hydrogen) atoms. The summed E-state index contributed by atoms with van der Waals surface area (Å²) in [6.07, 6.45) is 0. The molecule has 5 heteroatoms. The molecular weight excluding hydrogens is 685 g/mol. The fraction of sp³-hybridized carbons (Fsp3) is 0. The highest BCUT2D eigenvalue weighted by molar-refractivity contribution is 6.16. The topological polar surface area (TPSA) is 56.7 Å². The van der Waals surface area contributed by atoms with E-state index in [1.807, 2.05) is 78.9 Å². The summed E-state index contributed by atoms with van der Waals surface area (Å²) in [5.74, 6) is 1.90. The third-order valence-corrected chi connectivity index (χ3v) is 10.7. The maximum atomic E-state index is 6.64. The summed E-state index contributed by atoms with van der Waals surface area (Å²) in [5.41, 5.74) is 12.2. The second kappa shape index (κ2) is 13.0. The lowest BCUT2D eigenvalue weighted by atomic mass is 9.98. The zero-order valence-electron chi connectivity index (χ0n) is 30.2. The molecule has 0 bridgehead atoms. The van der Waals surface area contributed by atoms with E-state index in [9.17, 15) is 0 Å². The first-order valence-electron chi connectivity index (χ1n) is 18.8. The largest absolute Gasteiger partial charge is 0.455 e. The number of fused-ring (bicyclic) bond motifs is 6. The Balaban J connectivity index is 1.16. The van der Waals surface area contributed by atoms with Gasteiger partial charge in [0.15, 0.2) is 17.5 Å². The van der Waals surface area contributed by atoms with Crippen LogP contribution in [0.15, 0.2) is 199 Å². The Morgan fingerprint density at radius 1 is 0.357 bits per heavy atom. The lowest BCUT2D eigenvalue weighted by Gasteiger charge is -2.13. The van der Waals surface area contributed by atoms with Gasteiger partial charge in [-0.15, -0.1) is 0 Å². The van der Waals surface area contributed by atoms with E-state index in [4.69, 9.17) is 19.4 Å². The van der Waals surface area contributed by atoms with Crippen LogP contribution in [0.25, 0.3) is 106 Å². The molecule has 11 aromatic rings. The predicted molar refractivity (Wildman–Crippen MR) is 229 cm³/mol. The van der Waals surface area contributed by atoms with E-state index < -0.39 is 0 Å². The second-order valence-corrected chi connectivity index (χ2v) is 14.0. The van der Waals surface area contributed by atoms with Crippen LogP contribution in [0.2, 0.25) is 0 Å². The first kappa shape index (κ1) is 31.9. The van der Waals surface area contributed by atoms with E-state index in [-0.39, 0.29) is 0 Å². The van der Waals surface area contributed by atoms with E-state index in [1.165, 1.54) is 11.1 Å². The lowest BCUT2D eigenvalue weighted by molar-refractivity contribution is 0.670. The van der Waals surface area contributed by atoms with Gasteiger partial charge in [0, 0.05) is 49.5 Å². The molecule has 0 N–H and O–H groups in total. The number of para-hydroxylation sites is 2. The Labute approximate surface area is 322 Å². The van der Waals surface area contributed by atoms with Gasteiger partial charge in [0.05, 0.1) is 11.0 Å². The van der Waals surface area contributed by atoms with Crippen molar-refractivity contribution in [1.29, 1.82) is 0 Å². The summed E-state index contributed by atoms with van der Waals surface area (Å²) in [5, 5.41) is 4.35. The minimum atomic E-state index is 0.627. The summed E-state index contributed by atoms with van der Waals surface area (Å²) >= 11 is 0. The Morgan fingerprint density at radius 3 is 1.59 bits per heavy atom. The molecule has 0 saturated heterocycles. The van der Waals surface area contributed by atoms with Crippen molar-refractivity contribution in [3.63, 3.8) is 0 Å². The number of rotatable bonds is 6. The molecule has 0 saturated carbocycles. The quantitative estimate of drug-likeness (QED) is 0.172. The van der Waals surface area contributed by atoms with E-state index in [0.29, 0.717) is 17.5 Å². The summed E-state index contributed by atoms with van der Waals surface area (Å²) in [4.78, 5) is 15.3. The van der Waals surface area contributed by atoms with Crippen molar-refractivity contribution >= 4 is 43.7 Å². The van der Waals surface area contributed by atoms with Gasteiger partial charge < -0.3 is 8.98 Å². The van der Waals surface area contributed by atoms with Gasteiger partial charge >= 0.3 is 0 Å². The Kier molecular flexibility index (Phi) is 7.42. The minimum Gasteiger partial charge on any atom is -0.455 e. The molecule has 5 nitrogen and oxygen atoms in total. The average Bonchev–Trinajstić information content (AvgIpc) is 3.83. The Hall–Kier alpha value is -7.63. The highest BCUT2D eigenvalue weighted by Crippen LogP contribution is 2.42. The van der Waals surface area contributed by atoms with Crippen molar-refractivity contribution in [3.8, 4) is 62.1 Å². The van der Waals surface area contributed by atoms with Gasteiger partial charge in [0.1, 0.15) is 11.2 Å². The Morgan fingerprint density at radius 2 is 0.893 bits per heavy atom. The zero-order valence-corrected chi connectivity index (χ0v) is 30.2. The van der Waals surface area contributed by atoms with E-state index in [2.05, 4.69) is 120 Å². The molecule has 3 heterocycles. The van der Waals surface area contributed by atoms with E-state index in [0.717, 1.165) is 77.2 Å². The molecule has 0 radical (unpaired) electrons. The molecule has 0 aliphatic rings. The molecule has 0 spiro atoms. The van der Waals surface area contributed by atoms with Crippen LogP contribution in [0.5, 0.6) is 0 Å². The van der Waals surface area contributed by atoms with Crippen molar-refractivity contribution < 1.29 is 4.42 Å². The van der Waals surface area contributed by atoms with Crippen molar-refractivity contribution in [2.75, 3.05) is 0 Å². The predicted octanol–water partition coefficient (Wildman–Crippen LogP) is 13.2. The van der Waals surface area contributed by atoms with Gasteiger partial charge in [-0.05, 0) is 47.0 Å². The van der Waals surface area contributed by atoms with E-state index in [1.54, 1.807) is 0 Å². The fourth-order valence-electron chi connectivity index (χ4n) is 8.04. The highest BCUT2D eigenvalue weighted by atomic mass is 16.3. The first-order valence-corrected chi connectivity index (χ1v) is 18.8. The molecule has 262 valence electrons. The molecule has 0 amide bonds. The first-order chi connectivity index (χ1) is 27.8. The zero-order chi connectivity index (χ0) is 37.0. The number of hydrogen-bond acceptors (Lipinski definition) is 4. The molecule has 0 unspecified atom stereocenters. The fourth-order valence-corrected chi connectivity index (χ4v) is 8.04. The third-order valence-electron chi connectivity index (χ3n) is 10.7. The SMILES string of the molecule is c1ccc(-c2ccc(-c3cc(-n4c5ccccc5c5c(-c6nc(-c7ccccc7)nc(-c7ccccc7)n6)cccc54)cc4c3oc3ccccc34)cc2)cc1. The number of furan rings is 1. The maximum Gasteiger partial charge on any atom is 0.164 e. The molecule has 3 aromatic heterocycles. The van der Waals surface area contributed by atoms with Gasteiger partial charge in [-0.2, -0.15) is 0 Å². The lowest BCUT2D eigenvalue weighted by Crippen LogP contribution is -2.00. The van der Waals surface area contributed by atoms with Crippen LogP contribution in [-0.2, 0) is 0 Å². The minimum absolute atomic E-state index is 0.627. The average molecular weight is 717 g/mol. The van der Waals surface area contributed by atoms with Gasteiger partial charge in [-0.25, -0.2) is 15.0 Å². The summed E-state index contributed by atoms with van der Waals surface area (Å²) in [7, 11) is 0. The van der Waals surface area contributed by atoms with Crippen molar-refractivity contribution in [1.82, 2.24) is 19.5 Å². The van der Waals surface area contributed by atoms with Crippen LogP contribution >= 0.6 is 0 Å². The normalized spacial score (nSPS) is 11.6. The smallest absolute Gasteiger partial charge is 0.164 e. The van der Waals surface area contributed by atoms with Crippen LogP contribution in [0.1, 0.15) is 0 Å². The number of aromatic nitrogens is 4. The van der Waals surface area contributed by atoms with Gasteiger partial charge in [-0.1, -0.05) is 164 Å². The van der Waals surface area contributed by atoms with Crippen LogP contribution in [0.4, 0.5) is 0 Å². The van der Waals surface area contributed by atoms with Gasteiger partial charge in [-0.3, -0.25) is 0 Å². The Bertz CT molecular complexity index is 3160. The van der Waals surface area contributed by atoms with Crippen LogP contribution in [0, 0.1) is 0 Å². The third kappa shape index (κ3) is 5.29. The summed E-state index contributed by atoms with van der Waals surface area (Å²) in [6.45, 7) is 0. The monoisotopic (exact) mass is 716 g/mol. The summed E-state index contributed by atoms with van der Waals surface area (Å²) in [6, 6.07) is 67.4. The van der Waals surface area contributed by atoms with E-state index >= 15 is 0 Å². The molecular formula is C51H32N4O. The maximum absolute atomic E-state index is 6.64. The van der Waals surface area contributed by atoms with Crippen LogP contribution < -0.4 is 0 Å². The second-order valence-electron chi connectivity index (χ2n) is 14.0. The number of nitrogens with zero attached hydrogens (tertiary/aromatic N) is 4. The molecule has 0 aliphatic heterocycles. The standard InChI is InChI=1S/C51H32N4O/c1-4-15-33(16-5-1)34-27-29-35(30-28-34)42-31-38(32-43-39-21-11-13-26-46(39)56-48(42)43)55-44-24-12-10-22-40(44)47-41(23-14-25-45(47)55)51-53-49(36-17-6-2-7-18-36)52-50(54-51)37-19-8-3-9-20-37/h1-32H. The van der Waals surface area contributed by atoms with Crippen molar-refractivity contribution in [3.05, 3.63) is 194 Å². The number of benzene rings is 8. The molecule has 8 aromatic carbocycles. The highest BCUT2D eigenvalue weighted by Gasteiger charge is 2.22. The molecule has 0 aliphatic carbocycles. The van der Waals surface area contributed by atoms with Gasteiger partial charge in [0.25, 0.3) is 0 Å². The molecule has 0 atom stereocenters. The van der Waals surface area contributed by atoms with Crippen LogP contribution in [0.3, 0.4) is 0 Å².